The summed E-state index contributed by atoms with van der Waals surface area (Å²) < 4.78 is 68.2. The van der Waals surface area contributed by atoms with Crippen molar-refractivity contribution < 1.29 is 31.5 Å². The number of hydrogen-bond acceptors (Lipinski definition) is 5. The van der Waals surface area contributed by atoms with Gasteiger partial charge in [0.2, 0.25) is 0 Å². The Morgan fingerprint density at radius 1 is 1.29 bits per heavy atom. The van der Waals surface area contributed by atoms with Crippen LogP contribution < -0.4 is 4.90 Å². The maximum atomic E-state index is 13.4. The predicted molar refractivity (Wildman–Crippen MR) is 108 cm³/mol. The minimum absolute atomic E-state index is 0.196. The lowest BCUT2D eigenvalue weighted by Crippen LogP contribution is -2.37. The lowest BCUT2D eigenvalue weighted by Gasteiger charge is -2.24. The Labute approximate surface area is 178 Å². The molecule has 2 unspecified atom stereocenters. The molecule has 0 amide bonds. The smallest absolute Gasteiger partial charge is 0.417 e. The van der Waals surface area contributed by atoms with Crippen molar-refractivity contribution in [2.24, 2.45) is 5.92 Å². The van der Waals surface area contributed by atoms with Crippen molar-refractivity contribution in [1.82, 2.24) is 9.78 Å². The zero-order valence-corrected chi connectivity index (χ0v) is 18.1. The van der Waals surface area contributed by atoms with Crippen LogP contribution in [0.2, 0.25) is 0 Å². The average molecular weight is 459 g/mol. The molecule has 0 bridgehead atoms. The Morgan fingerprint density at radius 3 is 2.52 bits per heavy atom. The molecular weight excluding hydrogens is 435 g/mol. The van der Waals surface area contributed by atoms with E-state index in [1.54, 1.807) is 17.7 Å². The minimum Gasteiger partial charge on any atom is -0.480 e. The molecule has 1 aliphatic rings. The summed E-state index contributed by atoms with van der Waals surface area (Å²) in [4.78, 5) is 12.5. The number of carboxylic acids is 1. The normalized spacial score (nSPS) is 19.9. The first-order chi connectivity index (χ1) is 14.3. The van der Waals surface area contributed by atoms with E-state index in [0.717, 1.165) is 18.2 Å². The van der Waals surface area contributed by atoms with Crippen molar-refractivity contribution in [3.63, 3.8) is 0 Å². The number of halogens is 3. The summed E-state index contributed by atoms with van der Waals surface area (Å²) in [6, 6.07) is 4.45. The van der Waals surface area contributed by atoms with Gasteiger partial charge in [0.15, 0.2) is 9.84 Å². The zero-order chi connectivity index (χ0) is 23.1. The molecule has 3 rings (SSSR count). The molecule has 0 aliphatic carbocycles. The molecule has 0 spiro atoms. The van der Waals surface area contributed by atoms with E-state index in [0.29, 0.717) is 18.1 Å². The summed E-state index contributed by atoms with van der Waals surface area (Å²) >= 11 is 0. The van der Waals surface area contributed by atoms with Crippen molar-refractivity contribution in [2.75, 3.05) is 11.4 Å². The van der Waals surface area contributed by atoms with E-state index in [1.165, 1.54) is 11.0 Å². The van der Waals surface area contributed by atoms with E-state index in [-0.39, 0.29) is 18.9 Å². The van der Waals surface area contributed by atoms with Crippen LogP contribution in [0.1, 0.15) is 31.5 Å². The number of aromatic nitrogens is 2. The van der Waals surface area contributed by atoms with E-state index in [4.69, 9.17) is 0 Å². The average Bonchev–Trinajstić information content (AvgIpc) is 3.24. The number of carbonyl (C=O) groups is 1. The highest BCUT2D eigenvalue weighted by Gasteiger charge is 2.47. The fraction of sp³-hybridized carbons (Fsp3) is 0.500. The first-order valence-electron chi connectivity index (χ1n) is 9.76. The molecule has 1 fully saturated rings. The number of carboxylic acid groups (broad SMARTS) is 1. The number of nitrogens with zero attached hydrogens (tertiary/aromatic N) is 3. The minimum atomic E-state index is -4.85. The third-order valence-electron chi connectivity index (χ3n) is 5.20. The van der Waals surface area contributed by atoms with Gasteiger partial charge in [-0.25, -0.2) is 17.9 Å². The third-order valence-corrected chi connectivity index (χ3v) is 7.39. The molecule has 1 saturated heterocycles. The molecule has 1 aromatic carbocycles. The second kappa shape index (κ2) is 8.18. The third kappa shape index (κ3) is 4.56. The Balaban J connectivity index is 2.03. The number of sulfone groups is 1. The van der Waals surface area contributed by atoms with Crippen LogP contribution in [0.3, 0.4) is 0 Å². The van der Waals surface area contributed by atoms with Gasteiger partial charge in [-0.15, -0.1) is 0 Å². The first-order valence-corrected chi connectivity index (χ1v) is 11.3. The van der Waals surface area contributed by atoms with Gasteiger partial charge in [0.1, 0.15) is 11.9 Å². The molecule has 2 aromatic rings. The maximum Gasteiger partial charge on any atom is 0.417 e. The van der Waals surface area contributed by atoms with Crippen molar-refractivity contribution in [2.45, 2.75) is 56.1 Å². The Morgan fingerprint density at radius 2 is 1.94 bits per heavy atom. The van der Waals surface area contributed by atoms with Crippen LogP contribution in [-0.4, -0.2) is 47.1 Å². The van der Waals surface area contributed by atoms with Crippen LogP contribution in [-0.2, 0) is 27.4 Å². The molecular formula is C20H24F3N3O4S. The van der Waals surface area contributed by atoms with Crippen LogP contribution in [0.25, 0.3) is 0 Å². The quantitative estimate of drug-likeness (QED) is 0.712. The lowest BCUT2D eigenvalue weighted by atomic mass is 10.2. The summed E-state index contributed by atoms with van der Waals surface area (Å²) in [5.41, 5.74) is -0.616. The molecule has 0 saturated carbocycles. The van der Waals surface area contributed by atoms with Gasteiger partial charge < -0.3 is 10.0 Å². The van der Waals surface area contributed by atoms with Gasteiger partial charge in [-0.3, -0.25) is 0 Å². The maximum absolute atomic E-state index is 13.4. The summed E-state index contributed by atoms with van der Waals surface area (Å²) in [5.74, 6) is -0.598. The summed E-state index contributed by atoms with van der Waals surface area (Å²) in [7, 11) is -4.44. The number of anilines is 1. The van der Waals surface area contributed by atoms with Gasteiger partial charge in [0, 0.05) is 19.2 Å². The topological polar surface area (TPSA) is 92.5 Å². The second-order valence-corrected chi connectivity index (χ2v) is 10.3. The predicted octanol–water partition coefficient (Wildman–Crippen LogP) is 3.37. The highest BCUT2D eigenvalue weighted by atomic mass is 32.2. The number of hydrogen-bond donors (Lipinski definition) is 1. The van der Waals surface area contributed by atoms with E-state index >= 15 is 0 Å². The first kappa shape index (κ1) is 23.1. The van der Waals surface area contributed by atoms with Crippen LogP contribution in [0.5, 0.6) is 0 Å². The SMILES string of the molecule is Cc1cc(N2CC(S(=O)(=O)c3ccccc3C(F)(F)F)CC2C(=O)O)n(CC(C)C)n1. The summed E-state index contributed by atoms with van der Waals surface area (Å²) in [5, 5.41) is 12.8. The Bertz CT molecular complexity index is 1080. The second-order valence-electron chi connectivity index (χ2n) is 8.12. The number of aliphatic carboxylic acids is 1. The monoisotopic (exact) mass is 459 g/mol. The highest BCUT2D eigenvalue weighted by Crippen LogP contribution is 2.38. The standard InChI is InChI=1S/C20H24F3N3O4S/c1-12(2)10-26-18(8-13(3)24-26)25-11-14(9-16(25)19(27)28)31(29,30)17-7-5-4-6-15(17)20(21,22)23/h4-8,12,14,16H,9-11H2,1-3H3,(H,27,28). The largest absolute Gasteiger partial charge is 0.480 e. The molecule has 31 heavy (non-hydrogen) atoms. The highest BCUT2D eigenvalue weighted by molar-refractivity contribution is 7.92. The molecule has 170 valence electrons. The number of aryl methyl sites for hydroxylation is 1. The lowest BCUT2D eigenvalue weighted by molar-refractivity contribution is -0.140. The van der Waals surface area contributed by atoms with Crippen molar-refractivity contribution in [3.8, 4) is 0 Å². The van der Waals surface area contributed by atoms with Crippen molar-refractivity contribution in [1.29, 1.82) is 0 Å². The van der Waals surface area contributed by atoms with E-state index in [2.05, 4.69) is 5.10 Å². The molecule has 1 N–H and O–H groups in total. The van der Waals surface area contributed by atoms with Gasteiger partial charge in [-0.1, -0.05) is 26.0 Å². The molecule has 1 aliphatic heterocycles. The fourth-order valence-corrected chi connectivity index (χ4v) is 5.79. The van der Waals surface area contributed by atoms with E-state index in [1.807, 2.05) is 13.8 Å². The Hall–Kier alpha value is -2.56. The van der Waals surface area contributed by atoms with Crippen LogP contribution in [0, 0.1) is 12.8 Å². The van der Waals surface area contributed by atoms with E-state index < -0.39 is 43.7 Å². The van der Waals surface area contributed by atoms with Crippen molar-refractivity contribution in [3.05, 3.63) is 41.6 Å². The van der Waals surface area contributed by atoms with Gasteiger partial charge in [-0.05, 0) is 31.4 Å². The molecule has 7 nitrogen and oxygen atoms in total. The molecule has 2 atom stereocenters. The summed E-state index contributed by atoms with van der Waals surface area (Å²) in [6.45, 7) is 5.90. The number of benzene rings is 1. The van der Waals surface area contributed by atoms with Crippen molar-refractivity contribution >= 4 is 21.6 Å². The Kier molecular flexibility index (Phi) is 6.09. The van der Waals surface area contributed by atoms with E-state index in [9.17, 15) is 31.5 Å². The van der Waals surface area contributed by atoms with Crippen LogP contribution in [0.15, 0.2) is 35.2 Å². The number of alkyl halides is 3. The van der Waals surface area contributed by atoms with Gasteiger partial charge >= 0.3 is 12.1 Å². The van der Waals surface area contributed by atoms with Gasteiger partial charge in [-0.2, -0.15) is 18.3 Å². The van der Waals surface area contributed by atoms with Crippen LogP contribution >= 0.6 is 0 Å². The molecule has 11 heteroatoms. The zero-order valence-electron chi connectivity index (χ0n) is 17.3. The summed E-state index contributed by atoms with van der Waals surface area (Å²) in [6.07, 6.45) is -5.17. The van der Waals surface area contributed by atoms with Gasteiger partial charge in [0.05, 0.1) is 21.4 Å². The molecule has 0 radical (unpaired) electrons. The van der Waals surface area contributed by atoms with Gasteiger partial charge in [0.25, 0.3) is 0 Å². The molecule has 2 heterocycles. The molecule has 1 aromatic heterocycles. The fourth-order valence-electron chi connectivity index (χ4n) is 3.88. The number of rotatable bonds is 6. The van der Waals surface area contributed by atoms with Crippen LogP contribution in [0.4, 0.5) is 19.0 Å².